The molecule has 4 aromatic heterocycles. The van der Waals surface area contributed by atoms with Gasteiger partial charge in [0.2, 0.25) is 21.9 Å². The number of aromatic nitrogens is 5. The zero-order valence-electron chi connectivity index (χ0n) is 24.6. The van der Waals surface area contributed by atoms with E-state index in [1.54, 1.807) is 0 Å². The number of fused-ring (bicyclic) bond motifs is 10. The highest BCUT2D eigenvalue weighted by Gasteiger charge is 2.73. The largest absolute Gasteiger partial charge is 0.438 e. The van der Waals surface area contributed by atoms with Gasteiger partial charge in [-0.2, -0.15) is 4.57 Å². The molecule has 5 aliphatic rings. The average molecular weight is 608 g/mol. The van der Waals surface area contributed by atoms with Crippen LogP contribution in [0.25, 0.3) is 50.1 Å². The minimum absolute atomic E-state index is 0.226. The summed E-state index contributed by atoms with van der Waals surface area (Å²) in [6, 6.07) is 43.0. The van der Waals surface area contributed by atoms with Crippen molar-refractivity contribution in [1.29, 1.82) is 0 Å². The highest BCUT2D eigenvalue weighted by molar-refractivity contribution is 7.23. The van der Waals surface area contributed by atoms with Gasteiger partial charge in [-0.05, 0) is 64.8 Å². The molecule has 0 radical (unpaired) electrons. The molecule has 1 atom stereocenters. The second-order valence-corrected chi connectivity index (χ2v) is 16.7. The summed E-state index contributed by atoms with van der Waals surface area (Å²) in [5.74, 6) is 1.65. The van der Waals surface area contributed by atoms with Crippen LogP contribution in [-0.4, -0.2) is 22.5 Å². The number of rotatable bonds is 0. The summed E-state index contributed by atoms with van der Waals surface area (Å²) >= 11 is 0. The van der Waals surface area contributed by atoms with Crippen molar-refractivity contribution in [2.24, 2.45) is 0 Å². The van der Waals surface area contributed by atoms with Crippen LogP contribution in [0.1, 0.15) is 5.69 Å². The van der Waals surface area contributed by atoms with Crippen LogP contribution in [0.2, 0.25) is 0 Å². The third kappa shape index (κ3) is 1.98. The standard InChI is InChI=1S/C38H23N6OSi/c1-22-21-28-27-13-7-17-34-42(27)44(43(28)39-22)37-29(45-34)18-19-33-36(37)41-35-25(26-12-8-20-40(44)38(26)41)11-6-16-32(35)46(33)30-14-4-2-9-23(30)24-10-3-5-15-31(24)46/h2-21H,1H3/q+3. The monoisotopic (exact) mass is 607 g/mol. The minimum atomic E-state index is -2.78. The number of nitrogens with zero attached hydrogens (tertiary/aromatic N) is 6. The van der Waals surface area contributed by atoms with Crippen molar-refractivity contribution in [3.8, 4) is 39.8 Å². The molecule has 13 rings (SSSR count). The number of aryl methyl sites for hydroxylation is 1. The fourth-order valence-electron chi connectivity index (χ4n) is 9.80. The molecule has 9 heterocycles. The van der Waals surface area contributed by atoms with Gasteiger partial charge in [0.1, 0.15) is 10.2 Å². The lowest BCUT2D eigenvalue weighted by Crippen LogP contribution is -2.89. The summed E-state index contributed by atoms with van der Waals surface area (Å²) in [6.45, 7) is 2.09. The summed E-state index contributed by atoms with van der Waals surface area (Å²) in [4.78, 5) is 2.43. The first-order chi connectivity index (χ1) is 22.7. The van der Waals surface area contributed by atoms with Crippen LogP contribution >= 0.6 is 0 Å². The van der Waals surface area contributed by atoms with E-state index in [1.807, 2.05) is 0 Å². The normalized spacial score (nSPS) is 18.5. The molecule has 0 saturated carbocycles. The molecule has 0 aliphatic carbocycles. The molecule has 2 spiro atoms. The predicted octanol–water partition coefficient (Wildman–Crippen LogP) is 3.63. The Hall–Kier alpha value is -5.83. The second kappa shape index (κ2) is 6.86. The van der Waals surface area contributed by atoms with Gasteiger partial charge in [-0.25, -0.2) is 0 Å². The van der Waals surface area contributed by atoms with Crippen molar-refractivity contribution < 1.29 is 14.1 Å². The van der Waals surface area contributed by atoms with Crippen LogP contribution in [0.3, 0.4) is 0 Å². The molecule has 8 aromatic rings. The van der Waals surface area contributed by atoms with E-state index in [0.29, 0.717) is 0 Å². The molecule has 212 valence electrons. The Morgan fingerprint density at radius 3 is 2.35 bits per heavy atom. The van der Waals surface area contributed by atoms with Gasteiger partial charge in [-0.3, -0.25) is 0 Å². The summed E-state index contributed by atoms with van der Waals surface area (Å²) in [6.07, 6.45) is 2.22. The van der Waals surface area contributed by atoms with Crippen LogP contribution in [-0.2, 0) is 0 Å². The number of hydrogen-bond donors (Lipinski definition) is 0. The van der Waals surface area contributed by atoms with Gasteiger partial charge >= 0.3 is 22.9 Å². The van der Waals surface area contributed by atoms with Gasteiger partial charge < -0.3 is 4.74 Å². The molecular formula is C38H23N6OSi+3. The predicted molar refractivity (Wildman–Crippen MR) is 178 cm³/mol. The average Bonchev–Trinajstić information content (AvgIpc) is 3.81. The van der Waals surface area contributed by atoms with E-state index in [0.717, 1.165) is 40.0 Å². The van der Waals surface area contributed by atoms with Crippen molar-refractivity contribution in [2.75, 3.05) is 0 Å². The highest BCUT2D eigenvalue weighted by Crippen LogP contribution is 2.51. The summed E-state index contributed by atoms with van der Waals surface area (Å²) < 4.78 is 14.2. The highest BCUT2D eigenvalue weighted by atomic mass is 28.3. The van der Waals surface area contributed by atoms with E-state index < -0.39 is 8.07 Å². The van der Waals surface area contributed by atoms with Gasteiger partial charge in [0, 0.05) is 31.3 Å². The lowest BCUT2D eigenvalue weighted by Gasteiger charge is -2.38. The van der Waals surface area contributed by atoms with Gasteiger partial charge in [0.15, 0.2) is 14.3 Å². The van der Waals surface area contributed by atoms with E-state index in [1.165, 1.54) is 53.9 Å². The number of benzene rings is 4. The van der Waals surface area contributed by atoms with Gasteiger partial charge in [0.05, 0.1) is 17.1 Å². The first kappa shape index (κ1) is 22.6. The van der Waals surface area contributed by atoms with Crippen molar-refractivity contribution in [3.05, 3.63) is 127 Å². The SMILES string of the molecule is Cc1cc2n(n1)[N+]13c4c(ccc5c4-n4c6c(cccc6c6ccc[n+]1c64)[Si]51c4ccccc4-c4ccccc41)Oc1cccc-2[n+]13. The number of quaternary nitrogens is 1. The third-order valence-corrected chi connectivity index (χ3v) is 16.1. The van der Waals surface area contributed by atoms with Gasteiger partial charge in [-0.15, -0.1) is 5.10 Å². The maximum Gasteiger partial charge on any atom is 0.438 e. The van der Waals surface area contributed by atoms with Crippen LogP contribution in [0.15, 0.2) is 121 Å². The van der Waals surface area contributed by atoms with E-state index in [2.05, 4.69) is 147 Å². The topological polar surface area (TPSA) is 39.7 Å². The molecule has 4 aromatic carbocycles. The number of para-hydroxylation sites is 1. The second-order valence-electron chi connectivity index (χ2n) is 13.1. The molecule has 8 heteroatoms. The maximum absolute atomic E-state index is 6.90. The van der Waals surface area contributed by atoms with Gasteiger partial charge in [0.25, 0.3) is 0 Å². The smallest absolute Gasteiger partial charge is 0.394 e. The molecule has 0 bridgehead atoms. The zero-order valence-corrected chi connectivity index (χ0v) is 25.6. The molecule has 0 amide bonds. The van der Waals surface area contributed by atoms with Crippen molar-refractivity contribution in [1.82, 2.24) is 19.3 Å². The number of hydrogen-bond acceptors (Lipinski definition) is 2. The Kier molecular flexibility index (Phi) is 3.38. The molecule has 46 heavy (non-hydrogen) atoms. The molecular weight excluding hydrogens is 585 g/mol. The summed E-state index contributed by atoms with van der Waals surface area (Å²) in [5.41, 5.74) is 10.7. The van der Waals surface area contributed by atoms with Crippen molar-refractivity contribution in [3.63, 3.8) is 0 Å². The Bertz CT molecular complexity index is 2780. The molecule has 0 saturated heterocycles. The lowest BCUT2D eigenvalue weighted by molar-refractivity contribution is -1.05. The zero-order chi connectivity index (χ0) is 29.7. The van der Waals surface area contributed by atoms with Crippen molar-refractivity contribution >= 4 is 56.4 Å². The molecule has 1 unspecified atom stereocenters. The van der Waals surface area contributed by atoms with Crippen LogP contribution in [0, 0.1) is 6.92 Å². The molecule has 5 aliphatic heterocycles. The Labute approximate surface area is 263 Å². The summed E-state index contributed by atoms with van der Waals surface area (Å²) in [5, 5.41) is 13.6. The number of pyridine rings is 2. The summed E-state index contributed by atoms with van der Waals surface area (Å²) in [7, 11) is -2.78. The molecule has 7 nitrogen and oxygen atoms in total. The Morgan fingerprint density at radius 1 is 0.739 bits per heavy atom. The number of ether oxygens (including phenoxy) is 1. The third-order valence-electron chi connectivity index (χ3n) is 11.2. The quantitative estimate of drug-likeness (QED) is 0.150. The minimum Gasteiger partial charge on any atom is -0.394 e. The Morgan fingerprint density at radius 2 is 1.50 bits per heavy atom. The lowest BCUT2D eigenvalue weighted by atomic mass is 10.1. The van der Waals surface area contributed by atoms with Gasteiger partial charge in [-0.1, -0.05) is 66.7 Å². The fourth-order valence-corrected chi connectivity index (χ4v) is 15.3. The fraction of sp³-hybridized carbons (Fsp3) is 0.0263. The Balaban J connectivity index is 1.36. The maximum atomic E-state index is 6.90. The van der Waals surface area contributed by atoms with Crippen LogP contribution in [0.4, 0.5) is 5.69 Å². The van der Waals surface area contributed by atoms with E-state index >= 15 is 0 Å². The first-order valence-corrected chi connectivity index (χ1v) is 17.8. The van der Waals surface area contributed by atoms with Crippen LogP contribution in [0.5, 0.6) is 11.6 Å². The van der Waals surface area contributed by atoms with E-state index in [-0.39, 0.29) is 4.81 Å². The molecule has 0 fully saturated rings. The first-order valence-electron chi connectivity index (χ1n) is 15.8. The van der Waals surface area contributed by atoms with Crippen molar-refractivity contribution in [2.45, 2.75) is 6.92 Å². The van der Waals surface area contributed by atoms with Crippen LogP contribution < -0.4 is 39.6 Å². The molecule has 0 N–H and O–H groups in total. The van der Waals surface area contributed by atoms with E-state index in [4.69, 9.17) is 9.84 Å². The van der Waals surface area contributed by atoms with E-state index in [9.17, 15) is 0 Å².